The summed E-state index contributed by atoms with van der Waals surface area (Å²) in [5.41, 5.74) is 2.93. The zero-order valence-electron chi connectivity index (χ0n) is 16.2. The second-order valence-electron chi connectivity index (χ2n) is 6.54. The molecule has 0 aliphatic rings. The van der Waals surface area contributed by atoms with Crippen LogP contribution in [0.15, 0.2) is 79.0 Å². The summed E-state index contributed by atoms with van der Waals surface area (Å²) >= 11 is 0. The molecule has 5 heteroatoms. The number of aromatic nitrogens is 1. The summed E-state index contributed by atoms with van der Waals surface area (Å²) in [4.78, 5) is 18.9. The molecule has 0 aliphatic heterocycles. The number of likely N-dealkylation sites (N-methyl/N-ethyl adjacent to an activating group) is 1. The van der Waals surface area contributed by atoms with Crippen molar-refractivity contribution >= 4 is 5.91 Å². The van der Waals surface area contributed by atoms with Gasteiger partial charge in [-0.25, -0.2) is 0 Å². The van der Waals surface area contributed by atoms with Crippen molar-refractivity contribution in [3.05, 3.63) is 95.8 Å². The Hall–Kier alpha value is -3.18. The predicted molar refractivity (Wildman–Crippen MR) is 110 cm³/mol. The van der Waals surface area contributed by atoms with Crippen molar-refractivity contribution in [1.29, 1.82) is 0 Å². The van der Waals surface area contributed by atoms with Gasteiger partial charge in [-0.15, -0.1) is 0 Å². The van der Waals surface area contributed by atoms with Gasteiger partial charge < -0.3 is 9.64 Å². The highest BCUT2D eigenvalue weighted by molar-refractivity contribution is 5.78. The van der Waals surface area contributed by atoms with Gasteiger partial charge in [-0.2, -0.15) is 0 Å². The molecule has 1 unspecified atom stereocenters. The van der Waals surface area contributed by atoms with Crippen LogP contribution in [0, 0.1) is 0 Å². The summed E-state index contributed by atoms with van der Waals surface area (Å²) in [6.07, 6.45) is 1.77. The molecule has 1 heterocycles. The molecule has 0 bridgehead atoms. The summed E-state index contributed by atoms with van der Waals surface area (Å²) in [5, 5.41) is 3.36. The van der Waals surface area contributed by atoms with Gasteiger partial charge in [-0.1, -0.05) is 54.6 Å². The molecule has 0 saturated carbocycles. The van der Waals surface area contributed by atoms with Crippen LogP contribution in [-0.4, -0.2) is 36.5 Å². The lowest BCUT2D eigenvalue weighted by atomic mass is 10.0. The molecule has 1 atom stereocenters. The molecule has 144 valence electrons. The van der Waals surface area contributed by atoms with Crippen molar-refractivity contribution in [2.75, 3.05) is 20.7 Å². The van der Waals surface area contributed by atoms with E-state index in [4.69, 9.17) is 4.74 Å². The molecule has 1 N–H and O–H groups in total. The van der Waals surface area contributed by atoms with Gasteiger partial charge in [0.25, 0.3) is 0 Å². The molecule has 1 aromatic heterocycles. The minimum Gasteiger partial charge on any atom is -0.496 e. The van der Waals surface area contributed by atoms with E-state index in [0.717, 1.165) is 22.6 Å². The lowest BCUT2D eigenvalue weighted by molar-refractivity contribution is -0.129. The van der Waals surface area contributed by atoms with E-state index in [1.165, 1.54) is 0 Å². The molecular weight excluding hydrogens is 350 g/mol. The molecule has 0 spiro atoms. The van der Waals surface area contributed by atoms with E-state index >= 15 is 0 Å². The van der Waals surface area contributed by atoms with Crippen molar-refractivity contribution < 1.29 is 9.53 Å². The minimum absolute atomic E-state index is 0.00256. The SMILES string of the molecule is COc1ccccc1CN(C)C(=O)CNC(c1ccccc1)c1ccccn1. The molecule has 28 heavy (non-hydrogen) atoms. The first-order chi connectivity index (χ1) is 13.7. The van der Waals surface area contributed by atoms with E-state index in [1.807, 2.05) is 72.8 Å². The van der Waals surface area contributed by atoms with E-state index in [1.54, 1.807) is 25.3 Å². The topological polar surface area (TPSA) is 54.5 Å². The van der Waals surface area contributed by atoms with Gasteiger partial charge in [0.15, 0.2) is 0 Å². The van der Waals surface area contributed by atoms with Crippen LogP contribution in [0.3, 0.4) is 0 Å². The fraction of sp³-hybridized carbons (Fsp3) is 0.217. The average molecular weight is 375 g/mol. The van der Waals surface area contributed by atoms with Gasteiger partial charge in [0, 0.05) is 25.4 Å². The summed E-state index contributed by atoms with van der Waals surface area (Å²) in [5.74, 6) is 0.786. The fourth-order valence-electron chi connectivity index (χ4n) is 3.09. The molecule has 0 saturated heterocycles. The maximum absolute atomic E-state index is 12.7. The minimum atomic E-state index is -0.147. The van der Waals surface area contributed by atoms with Crippen molar-refractivity contribution in [3.63, 3.8) is 0 Å². The number of benzene rings is 2. The van der Waals surface area contributed by atoms with Crippen LogP contribution >= 0.6 is 0 Å². The Morgan fingerprint density at radius 2 is 1.75 bits per heavy atom. The Kier molecular flexibility index (Phi) is 6.76. The highest BCUT2D eigenvalue weighted by Crippen LogP contribution is 2.21. The number of rotatable bonds is 8. The fourth-order valence-corrected chi connectivity index (χ4v) is 3.09. The number of hydrogen-bond donors (Lipinski definition) is 1. The summed E-state index contributed by atoms with van der Waals surface area (Å²) in [6, 6.07) is 23.4. The number of pyridine rings is 1. The molecule has 1 amide bonds. The number of nitrogens with one attached hydrogen (secondary N) is 1. The van der Waals surface area contributed by atoms with Crippen molar-refractivity contribution in [2.24, 2.45) is 0 Å². The molecule has 0 fully saturated rings. The number of carbonyl (C=O) groups excluding carboxylic acids is 1. The number of para-hydroxylation sites is 1. The van der Waals surface area contributed by atoms with Gasteiger partial charge >= 0.3 is 0 Å². The van der Waals surface area contributed by atoms with Gasteiger partial charge in [-0.05, 0) is 23.8 Å². The summed E-state index contributed by atoms with van der Waals surface area (Å²) in [6.45, 7) is 0.700. The normalized spacial score (nSPS) is 11.6. The number of ether oxygens (including phenoxy) is 1. The van der Waals surface area contributed by atoms with Crippen LogP contribution in [0.5, 0.6) is 5.75 Å². The molecule has 3 rings (SSSR count). The third-order valence-corrected chi connectivity index (χ3v) is 4.60. The van der Waals surface area contributed by atoms with Gasteiger partial charge in [0.1, 0.15) is 5.75 Å². The quantitative estimate of drug-likeness (QED) is 0.655. The first-order valence-corrected chi connectivity index (χ1v) is 9.24. The molecular formula is C23H25N3O2. The summed E-state index contributed by atoms with van der Waals surface area (Å²) < 4.78 is 5.38. The van der Waals surface area contributed by atoms with Crippen LogP contribution in [0.4, 0.5) is 0 Å². The van der Waals surface area contributed by atoms with Crippen molar-refractivity contribution in [1.82, 2.24) is 15.2 Å². The molecule has 2 aromatic carbocycles. The number of carbonyl (C=O) groups is 1. The molecule has 0 aliphatic carbocycles. The van der Waals surface area contributed by atoms with Crippen molar-refractivity contribution in [2.45, 2.75) is 12.6 Å². The highest BCUT2D eigenvalue weighted by atomic mass is 16.5. The van der Waals surface area contributed by atoms with Crippen LogP contribution in [0.25, 0.3) is 0 Å². The maximum atomic E-state index is 12.7. The molecule has 0 radical (unpaired) electrons. The Labute approximate surface area is 166 Å². The van der Waals surface area contributed by atoms with Crippen LogP contribution in [-0.2, 0) is 11.3 Å². The van der Waals surface area contributed by atoms with Crippen molar-refractivity contribution in [3.8, 4) is 5.75 Å². The second kappa shape index (κ2) is 9.67. The predicted octanol–water partition coefficient (Wildman–Crippen LogP) is 3.43. The third kappa shape index (κ3) is 4.96. The standard InChI is InChI=1S/C23H25N3O2/c1-26(17-19-12-6-7-14-21(19)28-2)22(27)16-25-23(18-10-4-3-5-11-18)20-13-8-9-15-24-20/h3-15,23,25H,16-17H2,1-2H3. The smallest absolute Gasteiger partial charge is 0.236 e. The number of amides is 1. The zero-order valence-corrected chi connectivity index (χ0v) is 16.2. The van der Waals surface area contributed by atoms with Gasteiger partial charge in [0.2, 0.25) is 5.91 Å². The van der Waals surface area contributed by atoms with Crippen LogP contribution < -0.4 is 10.1 Å². The highest BCUT2D eigenvalue weighted by Gasteiger charge is 2.18. The Bertz CT molecular complexity index is 845. The van der Waals surface area contributed by atoms with Gasteiger partial charge in [-0.3, -0.25) is 15.1 Å². The largest absolute Gasteiger partial charge is 0.496 e. The maximum Gasteiger partial charge on any atom is 0.236 e. The Balaban J connectivity index is 1.68. The number of nitrogens with zero attached hydrogens (tertiary/aromatic N) is 2. The number of hydrogen-bond acceptors (Lipinski definition) is 4. The second-order valence-corrected chi connectivity index (χ2v) is 6.54. The number of methoxy groups -OCH3 is 1. The average Bonchev–Trinajstić information content (AvgIpc) is 2.75. The van der Waals surface area contributed by atoms with E-state index in [0.29, 0.717) is 6.54 Å². The Morgan fingerprint density at radius 3 is 2.46 bits per heavy atom. The third-order valence-electron chi connectivity index (χ3n) is 4.60. The summed E-state index contributed by atoms with van der Waals surface area (Å²) in [7, 11) is 3.44. The molecule has 5 nitrogen and oxygen atoms in total. The van der Waals surface area contributed by atoms with E-state index in [2.05, 4.69) is 10.3 Å². The Morgan fingerprint density at radius 1 is 1.04 bits per heavy atom. The van der Waals surface area contributed by atoms with Crippen LogP contribution in [0.1, 0.15) is 22.9 Å². The lowest BCUT2D eigenvalue weighted by Gasteiger charge is -2.22. The first-order valence-electron chi connectivity index (χ1n) is 9.24. The van der Waals surface area contributed by atoms with E-state index in [-0.39, 0.29) is 18.5 Å². The molecule has 3 aromatic rings. The monoisotopic (exact) mass is 375 g/mol. The van der Waals surface area contributed by atoms with Crippen LogP contribution in [0.2, 0.25) is 0 Å². The zero-order chi connectivity index (χ0) is 19.8. The van der Waals surface area contributed by atoms with Gasteiger partial charge in [0.05, 0.1) is 25.4 Å². The van der Waals surface area contributed by atoms with E-state index in [9.17, 15) is 4.79 Å². The van der Waals surface area contributed by atoms with E-state index < -0.39 is 0 Å². The lowest BCUT2D eigenvalue weighted by Crippen LogP contribution is -2.37. The first kappa shape index (κ1) is 19.6.